The van der Waals surface area contributed by atoms with Crippen molar-refractivity contribution in [1.82, 2.24) is 15.1 Å². The summed E-state index contributed by atoms with van der Waals surface area (Å²) < 4.78 is 26.2. The van der Waals surface area contributed by atoms with Crippen molar-refractivity contribution in [2.75, 3.05) is 46.2 Å². The molecule has 10 heteroatoms. The lowest BCUT2D eigenvalue weighted by Crippen LogP contribution is -2.54. The summed E-state index contributed by atoms with van der Waals surface area (Å²) in [7, 11) is 5.72. The predicted octanol–water partition coefficient (Wildman–Crippen LogP) is 2.92. The van der Waals surface area contributed by atoms with Gasteiger partial charge < -0.3 is 29.9 Å². The fourth-order valence-electron chi connectivity index (χ4n) is 4.85. The molecule has 0 radical (unpaired) electrons. The zero-order valence-electron chi connectivity index (χ0n) is 22.0. The molecule has 0 aliphatic carbocycles. The molecule has 1 saturated heterocycles. The van der Waals surface area contributed by atoms with Gasteiger partial charge >= 0.3 is 0 Å². The second kappa shape index (κ2) is 12.4. The zero-order chi connectivity index (χ0) is 27.2. The lowest BCUT2D eigenvalue weighted by atomic mass is 9.94. The smallest absolute Gasteiger partial charge is 0.258 e. The maximum atomic E-state index is 14.0. The van der Waals surface area contributed by atoms with E-state index in [9.17, 15) is 18.8 Å². The van der Waals surface area contributed by atoms with E-state index in [0.29, 0.717) is 36.4 Å². The number of hydrogen-bond donors (Lipinski definition) is 2. The SMILES string of the molecule is CN(C)CCCNC(=O)C[C@H]1CC[C@H]2[C@H](COc3ccc(NC(=O)c4ccccc4F)cc3C(=O)N2C)O1. The van der Waals surface area contributed by atoms with Crippen molar-refractivity contribution in [1.29, 1.82) is 0 Å². The summed E-state index contributed by atoms with van der Waals surface area (Å²) in [6.07, 6.45) is 1.85. The fraction of sp³-hybridized carbons (Fsp3) is 0.464. The molecule has 2 heterocycles. The molecule has 0 unspecified atom stereocenters. The van der Waals surface area contributed by atoms with Crippen molar-refractivity contribution in [3.63, 3.8) is 0 Å². The highest BCUT2D eigenvalue weighted by atomic mass is 19.1. The number of benzene rings is 2. The third-order valence-electron chi connectivity index (χ3n) is 6.91. The number of fused-ring (bicyclic) bond motifs is 2. The highest BCUT2D eigenvalue weighted by Crippen LogP contribution is 2.32. The van der Waals surface area contributed by atoms with Gasteiger partial charge in [-0.2, -0.15) is 0 Å². The van der Waals surface area contributed by atoms with E-state index < -0.39 is 11.7 Å². The predicted molar refractivity (Wildman–Crippen MR) is 141 cm³/mol. The number of halogens is 1. The second-order valence-corrected chi connectivity index (χ2v) is 10.0. The van der Waals surface area contributed by atoms with Crippen LogP contribution in [-0.2, 0) is 9.53 Å². The number of hydrogen-bond acceptors (Lipinski definition) is 6. The number of amides is 3. The molecule has 2 aromatic rings. The molecule has 1 fully saturated rings. The number of rotatable bonds is 8. The Bertz CT molecular complexity index is 1170. The number of carbonyl (C=O) groups excluding carboxylic acids is 3. The Hall–Kier alpha value is -3.50. The number of likely N-dealkylation sites (N-methyl/N-ethyl adjacent to an activating group) is 1. The highest BCUT2D eigenvalue weighted by Gasteiger charge is 2.39. The fourth-order valence-corrected chi connectivity index (χ4v) is 4.85. The van der Waals surface area contributed by atoms with Crippen molar-refractivity contribution >= 4 is 23.4 Å². The zero-order valence-corrected chi connectivity index (χ0v) is 22.0. The van der Waals surface area contributed by atoms with Crippen LogP contribution in [0.3, 0.4) is 0 Å². The van der Waals surface area contributed by atoms with Crippen LogP contribution in [0.1, 0.15) is 46.4 Å². The molecule has 204 valence electrons. The average Bonchev–Trinajstić information content (AvgIpc) is 2.89. The van der Waals surface area contributed by atoms with Crippen molar-refractivity contribution < 1.29 is 28.2 Å². The quantitative estimate of drug-likeness (QED) is 0.513. The Morgan fingerprint density at radius 3 is 2.71 bits per heavy atom. The topological polar surface area (TPSA) is 100 Å². The maximum absolute atomic E-state index is 14.0. The molecule has 2 aromatic carbocycles. The normalized spacial score (nSPS) is 21.0. The number of anilines is 1. The van der Waals surface area contributed by atoms with E-state index in [2.05, 4.69) is 15.5 Å². The van der Waals surface area contributed by atoms with Crippen LogP contribution < -0.4 is 15.4 Å². The van der Waals surface area contributed by atoms with Gasteiger partial charge in [0.1, 0.15) is 24.3 Å². The molecule has 2 aliphatic heterocycles. The largest absolute Gasteiger partial charge is 0.490 e. The molecule has 0 saturated carbocycles. The van der Waals surface area contributed by atoms with Crippen LogP contribution in [0.4, 0.5) is 10.1 Å². The van der Waals surface area contributed by atoms with E-state index in [1.807, 2.05) is 14.1 Å². The molecular weight excluding hydrogens is 491 g/mol. The van der Waals surface area contributed by atoms with Gasteiger partial charge in [-0.3, -0.25) is 14.4 Å². The van der Waals surface area contributed by atoms with E-state index in [0.717, 1.165) is 13.0 Å². The molecule has 0 bridgehead atoms. The second-order valence-electron chi connectivity index (χ2n) is 10.0. The van der Waals surface area contributed by atoms with E-state index >= 15 is 0 Å². The molecule has 3 atom stereocenters. The van der Waals surface area contributed by atoms with Gasteiger partial charge in [0, 0.05) is 19.3 Å². The average molecular weight is 527 g/mol. The van der Waals surface area contributed by atoms with Crippen molar-refractivity contribution in [2.24, 2.45) is 0 Å². The van der Waals surface area contributed by atoms with E-state index in [1.54, 1.807) is 36.2 Å². The van der Waals surface area contributed by atoms with Gasteiger partial charge in [0.2, 0.25) is 5.91 Å². The number of ether oxygens (including phenoxy) is 2. The summed E-state index contributed by atoms with van der Waals surface area (Å²) >= 11 is 0. The van der Waals surface area contributed by atoms with Gasteiger partial charge in [0.25, 0.3) is 11.8 Å². The van der Waals surface area contributed by atoms with Crippen LogP contribution in [0.5, 0.6) is 5.75 Å². The van der Waals surface area contributed by atoms with Crippen molar-refractivity contribution in [3.8, 4) is 5.75 Å². The summed E-state index contributed by atoms with van der Waals surface area (Å²) in [6.45, 7) is 1.75. The minimum atomic E-state index is -0.626. The Kier molecular flexibility index (Phi) is 8.96. The summed E-state index contributed by atoms with van der Waals surface area (Å²) in [5, 5.41) is 5.60. The summed E-state index contributed by atoms with van der Waals surface area (Å²) in [5.74, 6) is -1.17. The molecular formula is C28H35FN4O5. The lowest BCUT2D eigenvalue weighted by Gasteiger charge is -2.42. The van der Waals surface area contributed by atoms with Gasteiger partial charge in [0.05, 0.1) is 29.7 Å². The molecule has 4 rings (SSSR count). The summed E-state index contributed by atoms with van der Waals surface area (Å²) in [4.78, 5) is 42.1. The van der Waals surface area contributed by atoms with Gasteiger partial charge in [-0.05, 0) is 70.2 Å². The first kappa shape index (κ1) is 27.5. The number of nitrogens with zero attached hydrogens (tertiary/aromatic N) is 2. The molecule has 2 N–H and O–H groups in total. The minimum Gasteiger partial charge on any atom is -0.490 e. The maximum Gasteiger partial charge on any atom is 0.258 e. The standard InChI is InChI=1S/C28H35FN4O5/c1-32(2)14-6-13-30-26(34)16-19-10-11-23-25(38-19)17-37-24-12-9-18(15-21(24)28(36)33(23)3)31-27(35)20-7-4-5-8-22(20)29/h4-5,7-9,12,15,19,23,25H,6,10-11,13-14,16-17H2,1-3H3,(H,30,34)(H,31,35)/t19-,23+,25+/m1/s1. The molecule has 0 aromatic heterocycles. The van der Waals surface area contributed by atoms with E-state index in [1.165, 1.54) is 18.2 Å². The van der Waals surface area contributed by atoms with Crippen LogP contribution in [0.2, 0.25) is 0 Å². The molecule has 3 amide bonds. The van der Waals surface area contributed by atoms with Crippen LogP contribution >= 0.6 is 0 Å². The Balaban J connectivity index is 1.39. The van der Waals surface area contributed by atoms with Crippen molar-refractivity contribution in [3.05, 3.63) is 59.4 Å². The monoisotopic (exact) mass is 526 g/mol. The van der Waals surface area contributed by atoms with Gasteiger partial charge in [-0.1, -0.05) is 12.1 Å². The van der Waals surface area contributed by atoms with Crippen LogP contribution in [0.15, 0.2) is 42.5 Å². The first-order valence-electron chi connectivity index (χ1n) is 12.9. The first-order chi connectivity index (χ1) is 18.2. The molecule has 38 heavy (non-hydrogen) atoms. The summed E-state index contributed by atoms with van der Waals surface area (Å²) in [6, 6.07) is 10.2. The highest BCUT2D eigenvalue weighted by molar-refractivity contribution is 6.05. The van der Waals surface area contributed by atoms with Gasteiger partial charge in [-0.15, -0.1) is 0 Å². The Labute approximate surface area is 222 Å². The van der Waals surface area contributed by atoms with Crippen LogP contribution in [-0.4, -0.2) is 86.6 Å². The summed E-state index contributed by atoms with van der Waals surface area (Å²) in [5.41, 5.74) is 0.575. The third-order valence-corrected chi connectivity index (χ3v) is 6.91. The number of nitrogens with one attached hydrogen (secondary N) is 2. The molecule has 0 spiro atoms. The Morgan fingerprint density at radius 1 is 1.16 bits per heavy atom. The minimum absolute atomic E-state index is 0.0429. The lowest BCUT2D eigenvalue weighted by molar-refractivity contribution is -0.134. The number of carbonyl (C=O) groups is 3. The van der Waals surface area contributed by atoms with E-state index in [4.69, 9.17) is 9.47 Å². The van der Waals surface area contributed by atoms with E-state index in [-0.39, 0.29) is 48.7 Å². The first-order valence-corrected chi connectivity index (χ1v) is 12.9. The van der Waals surface area contributed by atoms with Crippen LogP contribution in [0, 0.1) is 5.82 Å². The van der Waals surface area contributed by atoms with Gasteiger partial charge in [-0.25, -0.2) is 4.39 Å². The Morgan fingerprint density at radius 2 is 1.95 bits per heavy atom. The molecule has 2 aliphatic rings. The van der Waals surface area contributed by atoms with Gasteiger partial charge in [0.15, 0.2) is 0 Å². The van der Waals surface area contributed by atoms with Crippen LogP contribution in [0.25, 0.3) is 0 Å². The molecule has 9 nitrogen and oxygen atoms in total. The van der Waals surface area contributed by atoms with Crippen molar-refractivity contribution in [2.45, 2.75) is 43.9 Å². The third kappa shape index (κ3) is 6.68.